The van der Waals surface area contributed by atoms with Gasteiger partial charge in [-0.1, -0.05) is 40.0 Å². The Morgan fingerprint density at radius 3 is 2.35 bits per heavy atom. The van der Waals surface area contributed by atoms with Gasteiger partial charge in [-0.25, -0.2) is 0 Å². The van der Waals surface area contributed by atoms with E-state index in [1.165, 1.54) is 6.42 Å². The second-order valence-electron chi connectivity index (χ2n) is 5.96. The van der Waals surface area contributed by atoms with Gasteiger partial charge in [-0.15, -0.1) is 0 Å². The van der Waals surface area contributed by atoms with E-state index in [-0.39, 0.29) is 24.0 Å². The molecule has 1 unspecified atom stereocenters. The second-order valence-corrected chi connectivity index (χ2v) is 5.96. The molecular weight excluding hydrogens is 214 g/mol. The number of hydrogen-bond donors (Lipinski definition) is 2. The molecule has 0 heterocycles. The van der Waals surface area contributed by atoms with Crippen LogP contribution in [0.5, 0.6) is 0 Å². The SMILES string of the molecule is CC(C)C(CCO)NC(=O)C1(C)CCCCC1. The van der Waals surface area contributed by atoms with Crippen LogP contribution in [0.15, 0.2) is 0 Å². The van der Waals surface area contributed by atoms with Crippen molar-refractivity contribution in [2.75, 3.05) is 6.61 Å². The van der Waals surface area contributed by atoms with Crippen molar-refractivity contribution in [3.8, 4) is 0 Å². The number of hydrogen-bond acceptors (Lipinski definition) is 2. The minimum atomic E-state index is -0.180. The normalized spacial score (nSPS) is 21.2. The Morgan fingerprint density at radius 2 is 1.88 bits per heavy atom. The van der Waals surface area contributed by atoms with Gasteiger partial charge in [0.1, 0.15) is 0 Å². The van der Waals surface area contributed by atoms with Crippen LogP contribution in [-0.2, 0) is 4.79 Å². The summed E-state index contributed by atoms with van der Waals surface area (Å²) in [5.74, 6) is 0.558. The Morgan fingerprint density at radius 1 is 1.29 bits per heavy atom. The van der Waals surface area contributed by atoms with Gasteiger partial charge < -0.3 is 10.4 Å². The van der Waals surface area contributed by atoms with E-state index in [2.05, 4.69) is 26.1 Å². The molecule has 3 heteroatoms. The maximum Gasteiger partial charge on any atom is 0.226 e. The molecule has 1 atom stereocenters. The van der Waals surface area contributed by atoms with Gasteiger partial charge in [0.15, 0.2) is 0 Å². The smallest absolute Gasteiger partial charge is 0.226 e. The number of carbonyl (C=O) groups is 1. The van der Waals surface area contributed by atoms with Crippen LogP contribution in [0.3, 0.4) is 0 Å². The summed E-state index contributed by atoms with van der Waals surface area (Å²) >= 11 is 0. The first kappa shape index (κ1) is 14.5. The van der Waals surface area contributed by atoms with Crippen LogP contribution >= 0.6 is 0 Å². The summed E-state index contributed by atoms with van der Waals surface area (Å²) in [7, 11) is 0. The fraction of sp³-hybridized carbons (Fsp3) is 0.929. The molecule has 1 aliphatic carbocycles. The molecule has 0 bridgehead atoms. The Kier molecular flexibility index (Phi) is 5.44. The molecule has 0 aromatic rings. The van der Waals surface area contributed by atoms with Gasteiger partial charge in [0.2, 0.25) is 5.91 Å². The molecule has 0 radical (unpaired) electrons. The van der Waals surface area contributed by atoms with Crippen molar-refractivity contribution in [1.82, 2.24) is 5.32 Å². The quantitative estimate of drug-likeness (QED) is 0.777. The van der Waals surface area contributed by atoms with Crippen molar-refractivity contribution in [3.05, 3.63) is 0 Å². The summed E-state index contributed by atoms with van der Waals surface area (Å²) in [6.07, 6.45) is 6.24. The summed E-state index contributed by atoms with van der Waals surface area (Å²) in [6.45, 7) is 6.39. The van der Waals surface area contributed by atoms with E-state index >= 15 is 0 Å². The molecule has 3 nitrogen and oxygen atoms in total. The van der Waals surface area contributed by atoms with Crippen LogP contribution in [0.2, 0.25) is 0 Å². The lowest BCUT2D eigenvalue weighted by molar-refractivity contribution is -0.133. The van der Waals surface area contributed by atoms with Crippen LogP contribution in [0.25, 0.3) is 0 Å². The maximum absolute atomic E-state index is 12.3. The number of amides is 1. The molecule has 100 valence electrons. The van der Waals surface area contributed by atoms with Gasteiger partial charge in [0.25, 0.3) is 0 Å². The average Bonchev–Trinajstić information content (AvgIpc) is 2.29. The van der Waals surface area contributed by atoms with Crippen molar-refractivity contribution in [3.63, 3.8) is 0 Å². The molecule has 0 aromatic heterocycles. The van der Waals surface area contributed by atoms with Gasteiger partial charge in [-0.2, -0.15) is 0 Å². The number of rotatable bonds is 5. The van der Waals surface area contributed by atoms with Gasteiger partial charge >= 0.3 is 0 Å². The van der Waals surface area contributed by atoms with Crippen molar-refractivity contribution >= 4 is 5.91 Å². The third-order valence-corrected chi connectivity index (χ3v) is 4.07. The first-order valence-corrected chi connectivity index (χ1v) is 6.91. The van der Waals surface area contributed by atoms with Crippen LogP contribution < -0.4 is 5.32 Å². The van der Waals surface area contributed by atoms with Crippen LogP contribution in [0.4, 0.5) is 0 Å². The molecule has 0 aromatic carbocycles. The lowest BCUT2D eigenvalue weighted by Gasteiger charge is -2.34. The third-order valence-electron chi connectivity index (χ3n) is 4.07. The molecule has 0 spiro atoms. The standard InChI is InChI=1S/C14H27NO2/c1-11(2)12(7-10-16)15-13(17)14(3)8-5-4-6-9-14/h11-12,16H,4-10H2,1-3H3,(H,15,17). The molecule has 1 fully saturated rings. The predicted octanol–water partition coefficient (Wildman–Crippen LogP) is 2.48. The van der Waals surface area contributed by atoms with E-state index in [1.807, 2.05) is 0 Å². The highest BCUT2D eigenvalue weighted by molar-refractivity contribution is 5.82. The van der Waals surface area contributed by atoms with E-state index in [9.17, 15) is 4.79 Å². The second kappa shape index (κ2) is 6.39. The van der Waals surface area contributed by atoms with E-state index in [0.29, 0.717) is 12.3 Å². The lowest BCUT2D eigenvalue weighted by atomic mass is 9.75. The van der Waals surface area contributed by atoms with Crippen molar-refractivity contribution in [2.24, 2.45) is 11.3 Å². The van der Waals surface area contributed by atoms with Gasteiger partial charge in [-0.3, -0.25) is 4.79 Å². The summed E-state index contributed by atoms with van der Waals surface area (Å²) in [5, 5.41) is 12.2. The maximum atomic E-state index is 12.3. The number of carbonyl (C=O) groups excluding carboxylic acids is 1. The first-order valence-electron chi connectivity index (χ1n) is 6.91. The van der Waals surface area contributed by atoms with Crippen molar-refractivity contribution < 1.29 is 9.90 Å². The predicted molar refractivity (Wildman–Crippen MR) is 69.7 cm³/mol. The molecule has 0 aliphatic heterocycles. The highest BCUT2D eigenvalue weighted by Crippen LogP contribution is 2.36. The molecule has 1 saturated carbocycles. The Labute approximate surface area is 105 Å². The largest absolute Gasteiger partial charge is 0.396 e. The fourth-order valence-corrected chi connectivity index (χ4v) is 2.61. The van der Waals surface area contributed by atoms with Crippen LogP contribution in [0, 0.1) is 11.3 Å². The van der Waals surface area contributed by atoms with Gasteiger partial charge in [0, 0.05) is 18.1 Å². The molecule has 1 rings (SSSR count). The molecule has 0 saturated heterocycles. The molecule has 1 aliphatic rings. The summed E-state index contributed by atoms with van der Waals surface area (Å²) in [4.78, 5) is 12.3. The zero-order valence-corrected chi connectivity index (χ0v) is 11.5. The zero-order valence-electron chi connectivity index (χ0n) is 11.5. The molecule has 2 N–H and O–H groups in total. The Bertz CT molecular complexity index is 245. The number of aliphatic hydroxyl groups is 1. The number of nitrogens with one attached hydrogen (secondary N) is 1. The van der Waals surface area contributed by atoms with Crippen LogP contribution in [-0.4, -0.2) is 23.7 Å². The van der Waals surface area contributed by atoms with Crippen molar-refractivity contribution in [1.29, 1.82) is 0 Å². The Hall–Kier alpha value is -0.570. The van der Waals surface area contributed by atoms with E-state index < -0.39 is 0 Å². The molecule has 17 heavy (non-hydrogen) atoms. The van der Waals surface area contributed by atoms with E-state index in [1.54, 1.807) is 0 Å². The zero-order chi connectivity index (χ0) is 12.9. The lowest BCUT2D eigenvalue weighted by Crippen LogP contribution is -2.47. The fourth-order valence-electron chi connectivity index (χ4n) is 2.61. The van der Waals surface area contributed by atoms with Crippen LogP contribution in [0.1, 0.15) is 59.3 Å². The monoisotopic (exact) mass is 241 g/mol. The minimum absolute atomic E-state index is 0.103. The van der Waals surface area contributed by atoms with E-state index in [0.717, 1.165) is 25.7 Å². The van der Waals surface area contributed by atoms with E-state index in [4.69, 9.17) is 5.11 Å². The van der Waals surface area contributed by atoms with Crippen molar-refractivity contribution in [2.45, 2.75) is 65.3 Å². The summed E-state index contributed by atoms with van der Waals surface area (Å²) in [5.41, 5.74) is -0.180. The molecule has 1 amide bonds. The van der Waals surface area contributed by atoms with Gasteiger partial charge in [0.05, 0.1) is 0 Å². The first-order chi connectivity index (χ1) is 7.99. The van der Waals surface area contributed by atoms with Gasteiger partial charge in [-0.05, 0) is 25.2 Å². The topological polar surface area (TPSA) is 49.3 Å². The number of aliphatic hydroxyl groups excluding tert-OH is 1. The highest BCUT2D eigenvalue weighted by Gasteiger charge is 2.35. The Balaban J connectivity index is 2.56. The summed E-state index contributed by atoms with van der Waals surface area (Å²) in [6, 6.07) is 0.103. The minimum Gasteiger partial charge on any atom is -0.396 e. The summed E-state index contributed by atoms with van der Waals surface area (Å²) < 4.78 is 0. The third kappa shape index (κ3) is 3.98. The highest BCUT2D eigenvalue weighted by atomic mass is 16.3. The average molecular weight is 241 g/mol. The molecular formula is C14H27NO2.